The van der Waals surface area contributed by atoms with Crippen LogP contribution in [0.2, 0.25) is 0 Å². The Bertz CT molecular complexity index is 393. The largest absolute Gasteiger partial charge is 0.481 e. The smallest absolute Gasteiger partial charge is 0.306 e. The second-order valence-electron chi connectivity index (χ2n) is 4.24. The van der Waals surface area contributed by atoms with Crippen molar-refractivity contribution in [3.63, 3.8) is 0 Å². The third-order valence-corrected chi connectivity index (χ3v) is 2.88. The van der Waals surface area contributed by atoms with Gasteiger partial charge >= 0.3 is 5.97 Å². The maximum Gasteiger partial charge on any atom is 0.306 e. The summed E-state index contributed by atoms with van der Waals surface area (Å²) in [5.74, 6) is -1.66. The van der Waals surface area contributed by atoms with E-state index in [2.05, 4.69) is 0 Å². The monoisotopic (exact) mass is 239 g/mol. The lowest BCUT2D eigenvalue weighted by Crippen LogP contribution is -2.18. The van der Waals surface area contributed by atoms with E-state index in [1.165, 1.54) is 12.1 Å². The molecule has 94 valence electrons. The summed E-state index contributed by atoms with van der Waals surface area (Å²) in [6.07, 6.45) is 1.56. The number of benzene rings is 1. The molecular formula is C13H18FNO2. The Morgan fingerprint density at radius 3 is 2.82 bits per heavy atom. The first-order valence-corrected chi connectivity index (χ1v) is 5.72. The minimum Gasteiger partial charge on any atom is -0.481 e. The van der Waals surface area contributed by atoms with Gasteiger partial charge in [0, 0.05) is 0 Å². The third-order valence-electron chi connectivity index (χ3n) is 2.88. The van der Waals surface area contributed by atoms with Gasteiger partial charge in [0.1, 0.15) is 5.82 Å². The van der Waals surface area contributed by atoms with Crippen molar-refractivity contribution < 1.29 is 14.3 Å². The zero-order valence-corrected chi connectivity index (χ0v) is 9.95. The van der Waals surface area contributed by atoms with Crippen LogP contribution in [-0.2, 0) is 11.2 Å². The summed E-state index contributed by atoms with van der Waals surface area (Å²) in [5.41, 5.74) is 7.05. The molecule has 0 amide bonds. The van der Waals surface area contributed by atoms with Crippen LogP contribution >= 0.6 is 0 Å². The van der Waals surface area contributed by atoms with Gasteiger partial charge in [0.2, 0.25) is 0 Å². The van der Waals surface area contributed by atoms with E-state index in [-0.39, 0.29) is 5.82 Å². The Morgan fingerprint density at radius 1 is 1.53 bits per heavy atom. The van der Waals surface area contributed by atoms with Gasteiger partial charge in [0.15, 0.2) is 0 Å². The number of hydrogen-bond donors (Lipinski definition) is 2. The van der Waals surface area contributed by atoms with Crippen molar-refractivity contribution in [2.24, 2.45) is 11.7 Å². The molecule has 0 radical (unpaired) electrons. The summed E-state index contributed by atoms with van der Waals surface area (Å²) in [4.78, 5) is 11.1. The van der Waals surface area contributed by atoms with Crippen molar-refractivity contribution in [2.75, 3.05) is 6.54 Å². The van der Waals surface area contributed by atoms with E-state index in [0.717, 1.165) is 11.1 Å². The fourth-order valence-electron chi connectivity index (χ4n) is 1.80. The first-order chi connectivity index (χ1) is 8.04. The number of carboxylic acids is 1. The molecule has 0 bridgehead atoms. The van der Waals surface area contributed by atoms with Crippen molar-refractivity contribution in [3.8, 4) is 0 Å². The Balaban J connectivity index is 2.78. The zero-order valence-electron chi connectivity index (χ0n) is 9.95. The van der Waals surface area contributed by atoms with E-state index in [9.17, 15) is 9.18 Å². The average Bonchev–Trinajstić information content (AvgIpc) is 2.28. The van der Waals surface area contributed by atoms with E-state index < -0.39 is 11.9 Å². The van der Waals surface area contributed by atoms with Gasteiger partial charge in [-0.15, -0.1) is 0 Å². The number of aliphatic carboxylic acids is 1. The molecule has 0 aliphatic heterocycles. The van der Waals surface area contributed by atoms with Crippen LogP contribution in [0, 0.1) is 18.7 Å². The number of rotatable bonds is 6. The quantitative estimate of drug-likeness (QED) is 0.799. The average molecular weight is 239 g/mol. The molecule has 0 saturated carbocycles. The van der Waals surface area contributed by atoms with Crippen LogP contribution in [0.15, 0.2) is 18.2 Å². The predicted octanol–water partition coefficient (Wildman–Crippen LogP) is 2.12. The number of carbonyl (C=O) groups is 1. The molecule has 0 aliphatic rings. The summed E-state index contributed by atoms with van der Waals surface area (Å²) in [5, 5.41) is 9.09. The van der Waals surface area contributed by atoms with E-state index in [1.54, 1.807) is 6.07 Å². The minimum absolute atomic E-state index is 0.325. The molecule has 0 aromatic heterocycles. The molecule has 0 aliphatic carbocycles. The van der Waals surface area contributed by atoms with Crippen molar-refractivity contribution in [3.05, 3.63) is 35.1 Å². The zero-order chi connectivity index (χ0) is 12.8. The molecule has 1 atom stereocenters. The van der Waals surface area contributed by atoms with Crippen LogP contribution in [0.3, 0.4) is 0 Å². The van der Waals surface area contributed by atoms with Crippen LogP contribution in [0.4, 0.5) is 4.39 Å². The fraction of sp³-hybridized carbons (Fsp3) is 0.462. The van der Waals surface area contributed by atoms with Gasteiger partial charge in [0.25, 0.3) is 0 Å². The van der Waals surface area contributed by atoms with Crippen LogP contribution in [0.25, 0.3) is 0 Å². The van der Waals surface area contributed by atoms with Gasteiger partial charge < -0.3 is 10.8 Å². The van der Waals surface area contributed by atoms with E-state index in [0.29, 0.717) is 25.8 Å². The molecule has 1 aromatic rings. The van der Waals surface area contributed by atoms with E-state index in [1.807, 2.05) is 6.92 Å². The van der Waals surface area contributed by atoms with Crippen LogP contribution < -0.4 is 5.73 Å². The first-order valence-electron chi connectivity index (χ1n) is 5.72. The molecule has 17 heavy (non-hydrogen) atoms. The number of aryl methyl sites for hydroxylation is 1. The van der Waals surface area contributed by atoms with Crippen LogP contribution in [0.1, 0.15) is 24.0 Å². The molecule has 0 heterocycles. The standard InChI is InChI=1S/C13H18FNO2/c1-9-4-5-12(14)8-11(9)7-10(13(16)17)3-2-6-15/h4-5,8,10H,2-3,6-7,15H2,1H3,(H,16,17). The van der Waals surface area contributed by atoms with E-state index >= 15 is 0 Å². The SMILES string of the molecule is Cc1ccc(F)cc1CC(CCCN)C(=O)O. The Kier molecular flexibility index (Phi) is 5.10. The lowest BCUT2D eigenvalue weighted by Gasteiger charge is -2.13. The maximum absolute atomic E-state index is 13.1. The van der Waals surface area contributed by atoms with Gasteiger partial charge in [0.05, 0.1) is 5.92 Å². The topological polar surface area (TPSA) is 63.3 Å². The summed E-state index contributed by atoms with van der Waals surface area (Å²) in [6.45, 7) is 2.34. The summed E-state index contributed by atoms with van der Waals surface area (Å²) in [6, 6.07) is 4.47. The molecule has 3 nitrogen and oxygen atoms in total. The van der Waals surface area contributed by atoms with Gasteiger partial charge in [-0.25, -0.2) is 4.39 Å². The third kappa shape index (κ3) is 4.15. The number of nitrogens with two attached hydrogens (primary N) is 1. The highest BCUT2D eigenvalue weighted by molar-refractivity contribution is 5.70. The molecule has 4 heteroatoms. The lowest BCUT2D eigenvalue weighted by atomic mass is 9.92. The molecule has 1 unspecified atom stereocenters. The van der Waals surface area contributed by atoms with Gasteiger partial charge in [-0.2, -0.15) is 0 Å². The predicted molar refractivity (Wildman–Crippen MR) is 64.3 cm³/mol. The normalized spacial score (nSPS) is 12.4. The highest BCUT2D eigenvalue weighted by Gasteiger charge is 2.18. The highest BCUT2D eigenvalue weighted by atomic mass is 19.1. The second kappa shape index (κ2) is 6.35. The molecule has 1 aromatic carbocycles. The van der Waals surface area contributed by atoms with Crippen molar-refractivity contribution in [1.82, 2.24) is 0 Å². The molecule has 0 fully saturated rings. The lowest BCUT2D eigenvalue weighted by molar-refractivity contribution is -0.141. The molecule has 1 rings (SSSR count). The Morgan fingerprint density at radius 2 is 2.24 bits per heavy atom. The summed E-state index contributed by atoms with van der Waals surface area (Å²) < 4.78 is 13.1. The van der Waals surface area contributed by atoms with Crippen molar-refractivity contribution >= 4 is 5.97 Å². The number of carboxylic acid groups (broad SMARTS) is 1. The minimum atomic E-state index is -0.845. The first kappa shape index (κ1) is 13.6. The van der Waals surface area contributed by atoms with Gasteiger partial charge in [-0.3, -0.25) is 4.79 Å². The van der Waals surface area contributed by atoms with Crippen LogP contribution in [-0.4, -0.2) is 17.6 Å². The number of hydrogen-bond acceptors (Lipinski definition) is 2. The second-order valence-corrected chi connectivity index (χ2v) is 4.24. The summed E-state index contributed by atoms with van der Waals surface area (Å²) in [7, 11) is 0. The van der Waals surface area contributed by atoms with Gasteiger partial charge in [-0.1, -0.05) is 6.07 Å². The molecule has 0 spiro atoms. The Labute approximate surface area is 100 Å². The van der Waals surface area contributed by atoms with E-state index in [4.69, 9.17) is 10.8 Å². The highest BCUT2D eigenvalue weighted by Crippen LogP contribution is 2.18. The fourth-order valence-corrected chi connectivity index (χ4v) is 1.80. The van der Waals surface area contributed by atoms with Crippen molar-refractivity contribution in [2.45, 2.75) is 26.2 Å². The maximum atomic E-state index is 13.1. The number of halogens is 1. The molecular weight excluding hydrogens is 221 g/mol. The Hall–Kier alpha value is -1.42. The van der Waals surface area contributed by atoms with Gasteiger partial charge in [-0.05, 0) is 56.0 Å². The molecule has 3 N–H and O–H groups in total. The van der Waals surface area contributed by atoms with Crippen LogP contribution in [0.5, 0.6) is 0 Å². The molecule has 0 saturated heterocycles. The summed E-state index contributed by atoms with van der Waals surface area (Å²) >= 11 is 0. The van der Waals surface area contributed by atoms with Crippen molar-refractivity contribution in [1.29, 1.82) is 0 Å².